The summed E-state index contributed by atoms with van der Waals surface area (Å²) in [5.41, 5.74) is 0. The highest BCUT2D eigenvalue weighted by Crippen LogP contribution is 2.45. The van der Waals surface area contributed by atoms with Crippen molar-refractivity contribution in [2.24, 2.45) is 0 Å². The van der Waals surface area contributed by atoms with Crippen molar-refractivity contribution in [1.29, 1.82) is 0 Å². The standard InChI is InChI=1S/C89H148O17P2/c1-5-9-13-17-21-25-29-33-36-39-41-44-47-51-54-58-62-66-70-74-87(92)100-80-85(106-89(94)76-72-68-64-60-56-52-48-45-42-40-37-34-30-26-22-18-14-10-6-2)82-104-108(97,98)102-78-83(90)77-101-107(95,96)103-81-84(105-88(93)75-71-67-63-59-55-49-32-28-24-20-16-12-8-4)79-99-86(91)73-69-65-61-57-53-50-46-43-38-35-31-27-23-19-15-11-7-3/h9-11,13-15,21-23,25-28,32-38,41-42,44-45,51,54,83-85,90H,5-8,12,16-20,24,29-31,39-40,43,46-50,52-53,55-82H2,1-4H3,(H,95,96)(H,97,98)/b13-9-,14-10-,15-11-,25-21-,26-22-,27-23-,32-28-,36-33-,37-34-,38-35-,44-41-,45-42-,54-51-. The van der Waals surface area contributed by atoms with Gasteiger partial charge >= 0.3 is 39.5 Å². The average molecular weight is 1550 g/mol. The molecule has 19 heteroatoms. The molecule has 0 heterocycles. The third kappa shape index (κ3) is 78.8. The maximum Gasteiger partial charge on any atom is 0.472 e. The minimum atomic E-state index is -5.00. The van der Waals surface area contributed by atoms with Crippen LogP contribution in [0.25, 0.3) is 0 Å². The SMILES string of the molecule is CC/C=C\C/C=C\C/C=C\C/C=C\C/C=C\CCCCCC(=O)OCC(COP(=O)(O)OCC(O)COP(=O)(O)OCC(COC(=O)CCCCCCCCC/C=C\C/C=C\C/C=C\CC)OC(=O)CCCCCCC/C=C\CCCCCC)OC(=O)CCCCCCCC/C=C\C/C=C\C/C=C\C/C=C\CC. The third-order valence-electron chi connectivity index (χ3n) is 17.0. The second-order valence-electron chi connectivity index (χ2n) is 27.3. The Labute approximate surface area is 655 Å². The number of unbranched alkanes of at least 4 members (excludes halogenated alkanes) is 25. The Morgan fingerprint density at radius 1 is 0.269 bits per heavy atom. The molecule has 0 aliphatic carbocycles. The van der Waals surface area contributed by atoms with Crippen molar-refractivity contribution in [3.8, 4) is 0 Å². The van der Waals surface area contributed by atoms with Crippen LogP contribution in [0.5, 0.6) is 0 Å². The van der Waals surface area contributed by atoms with Gasteiger partial charge in [-0.25, -0.2) is 9.13 Å². The molecule has 5 atom stereocenters. The highest BCUT2D eigenvalue weighted by molar-refractivity contribution is 7.47. The van der Waals surface area contributed by atoms with Crippen molar-refractivity contribution in [2.75, 3.05) is 39.6 Å². The molecule has 0 radical (unpaired) electrons. The monoisotopic (exact) mass is 1550 g/mol. The molecule has 0 amide bonds. The number of rotatable bonds is 77. The van der Waals surface area contributed by atoms with Crippen molar-refractivity contribution in [1.82, 2.24) is 0 Å². The van der Waals surface area contributed by atoms with Crippen molar-refractivity contribution >= 4 is 39.5 Å². The molecule has 3 N–H and O–H groups in total. The number of hydrogen-bond donors (Lipinski definition) is 3. The largest absolute Gasteiger partial charge is 0.472 e. The predicted octanol–water partition coefficient (Wildman–Crippen LogP) is 24.8. The van der Waals surface area contributed by atoms with Gasteiger partial charge in [0.25, 0.3) is 0 Å². The summed E-state index contributed by atoms with van der Waals surface area (Å²) in [6.07, 6.45) is 93.5. The van der Waals surface area contributed by atoms with E-state index in [0.29, 0.717) is 25.7 Å². The Kier molecular flexibility index (Phi) is 75.8. The van der Waals surface area contributed by atoms with E-state index in [1.807, 2.05) is 0 Å². The summed E-state index contributed by atoms with van der Waals surface area (Å²) in [7, 11) is -9.99. The van der Waals surface area contributed by atoms with Crippen molar-refractivity contribution in [2.45, 2.75) is 341 Å². The van der Waals surface area contributed by atoms with E-state index in [0.717, 1.165) is 218 Å². The predicted molar refractivity (Wildman–Crippen MR) is 445 cm³/mol. The summed E-state index contributed by atoms with van der Waals surface area (Å²) in [6, 6.07) is 0. The molecule has 616 valence electrons. The molecule has 0 aromatic heterocycles. The molecule has 17 nitrogen and oxygen atoms in total. The smallest absolute Gasteiger partial charge is 0.462 e. The molecule has 0 aliphatic heterocycles. The fourth-order valence-corrected chi connectivity index (χ4v) is 12.3. The molecule has 5 unspecified atom stereocenters. The molecule has 0 fully saturated rings. The van der Waals surface area contributed by atoms with Crippen LogP contribution in [0, 0.1) is 0 Å². The van der Waals surface area contributed by atoms with Gasteiger partial charge in [0, 0.05) is 25.7 Å². The highest BCUT2D eigenvalue weighted by Gasteiger charge is 2.30. The lowest BCUT2D eigenvalue weighted by molar-refractivity contribution is -0.161. The summed E-state index contributed by atoms with van der Waals surface area (Å²) >= 11 is 0. The maximum atomic E-state index is 13.1. The second-order valence-corrected chi connectivity index (χ2v) is 30.2. The van der Waals surface area contributed by atoms with Gasteiger partial charge in [0.1, 0.15) is 19.3 Å². The van der Waals surface area contributed by atoms with Crippen LogP contribution in [0.2, 0.25) is 0 Å². The van der Waals surface area contributed by atoms with Gasteiger partial charge in [0.15, 0.2) is 12.2 Å². The molecular weight excluding hydrogens is 1400 g/mol. The van der Waals surface area contributed by atoms with Crippen LogP contribution in [0.15, 0.2) is 158 Å². The fourth-order valence-electron chi connectivity index (χ4n) is 10.7. The number of phosphoric acid groups is 2. The Bertz CT molecular complexity index is 2660. The van der Waals surface area contributed by atoms with Crippen LogP contribution >= 0.6 is 15.6 Å². The normalized spacial score (nSPS) is 14.6. The van der Waals surface area contributed by atoms with E-state index in [4.69, 9.17) is 37.0 Å². The molecule has 0 aliphatic rings. The Morgan fingerprint density at radius 3 is 0.759 bits per heavy atom. The van der Waals surface area contributed by atoms with Crippen LogP contribution in [-0.4, -0.2) is 96.7 Å². The lowest BCUT2D eigenvalue weighted by atomic mass is 10.1. The minimum Gasteiger partial charge on any atom is -0.462 e. The number of aliphatic hydroxyl groups is 1. The van der Waals surface area contributed by atoms with Gasteiger partial charge in [-0.15, -0.1) is 0 Å². The van der Waals surface area contributed by atoms with Crippen LogP contribution in [0.4, 0.5) is 0 Å². The molecule has 0 aromatic carbocycles. The topological polar surface area (TPSA) is 237 Å². The molecule has 0 spiro atoms. The van der Waals surface area contributed by atoms with E-state index in [1.54, 1.807) is 0 Å². The van der Waals surface area contributed by atoms with E-state index in [2.05, 4.69) is 186 Å². The summed E-state index contributed by atoms with van der Waals surface area (Å²) < 4.78 is 68.7. The van der Waals surface area contributed by atoms with E-state index in [9.17, 15) is 43.2 Å². The summed E-state index contributed by atoms with van der Waals surface area (Å²) in [5, 5.41) is 10.7. The van der Waals surface area contributed by atoms with E-state index in [1.165, 1.54) is 25.7 Å². The second kappa shape index (κ2) is 79.8. The fraction of sp³-hybridized carbons (Fsp3) is 0.663. The van der Waals surface area contributed by atoms with Gasteiger partial charge in [0.2, 0.25) is 0 Å². The number of aliphatic hydroxyl groups excluding tert-OH is 1. The number of phosphoric ester groups is 2. The number of carbonyl (C=O) groups excluding carboxylic acids is 4. The number of carbonyl (C=O) groups is 4. The van der Waals surface area contributed by atoms with Crippen LogP contribution < -0.4 is 0 Å². The number of ether oxygens (including phenoxy) is 4. The highest BCUT2D eigenvalue weighted by atomic mass is 31.2. The first-order valence-corrected chi connectivity index (χ1v) is 44.7. The molecule has 0 bridgehead atoms. The van der Waals surface area contributed by atoms with Gasteiger partial charge in [-0.05, 0) is 167 Å². The summed E-state index contributed by atoms with van der Waals surface area (Å²) in [5.74, 6) is -2.25. The zero-order valence-corrected chi connectivity index (χ0v) is 69.3. The van der Waals surface area contributed by atoms with Crippen LogP contribution in [0.1, 0.15) is 323 Å². The van der Waals surface area contributed by atoms with Crippen LogP contribution in [0.3, 0.4) is 0 Å². The quantitative estimate of drug-likeness (QED) is 0.0169. The molecule has 0 aromatic rings. The Morgan fingerprint density at radius 2 is 0.481 bits per heavy atom. The zero-order valence-electron chi connectivity index (χ0n) is 67.5. The van der Waals surface area contributed by atoms with Gasteiger partial charge < -0.3 is 33.8 Å². The average Bonchev–Trinajstić information content (AvgIpc) is 0.892. The molecular formula is C89H148O17P2. The maximum absolute atomic E-state index is 13.1. The lowest BCUT2D eigenvalue weighted by Crippen LogP contribution is -2.30. The van der Waals surface area contributed by atoms with Crippen molar-refractivity contribution in [3.63, 3.8) is 0 Å². The van der Waals surface area contributed by atoms with E-state index >= 15 is 0 Å². The Hall–Kier alpha value is -5.32. The van der Waals surface area contributed by atoms with Crippen molar-refractivity contribution in [3.05, 3.63) is 158 Å². The Balaban J connectivity index is 5.43. The first-order chi connectivity index (χ1) is 52.7. The molecule has 0 rings (SSSR count). The lowest BCUT2D eigenvalue weighted by Gasteiger charge is -2.21. The summed E-state index contributed by atoms with van der Waals surface area (Å²) in [6.45, 7) is 4.47. The van der Waals surface area contributed by atoms with Gasteiger partial charge in [-0.2, -0.15) is 0 Å². The van der Waals surface area contributed by atoms with Gasteiger partial charge in [-0.1, -0.05) is 288 Å². The molecule has 0 saturated carbocycles. The summed E-state index contributed by atoms with van der Waals surface area (Å²) in [4.78, 5) is 73.2. The minimum absolute atomic E-state index is 0.0658. The first kappa shape index (κ1) is 103. The first-order valence-electron chi connectivity index (χ1n) is 41.7. The van der Waals surface area contributed by atoms with E-state index in [-0.39, 0.29) is 25.7 Å². The molecule has 108 heavy (non-hydrogen) atoms. The molecule has 0 saturated heterocycles. The van der Waals surface area contributed by atoms with Gasteiger partial charge in [-0.3, -0.25) is 37.3 Å². The number of allylic oxidation sites excluding steroid dienone is 26. The van der Waals surface area contributed by atoms with Crippen molar-refractivity contribution < 1.29 is 80.2 Å². The zero-order chi connectivity index (χ0) is 78.9. The number of hydrogen-bond acceptors (Lipinski definition) is 15. The van der Waals surface area contributed by atoms with E-state index < -0.39 is 97.5 Å². The number of esters is 4. The third-order valence-corrected chi connectivity index (χ3v) is 18.9. The van der Waals surface area contributed by atoms with Crippen LogP contribution in [-0.2, 0) is 65.4 Å². The van der Waals surface area contributed by atoms with Gasteiger partial charge in [0.05, 0.1) is 26.4 Å².